The lowest BCUT2D eigenvalue weighted by atomic mass is 9.98. The largest absolute Gasteiger partial charge is 0.390 e. The summed E-state index contributed by atoms with van der Waals surface area (Å²) in [5, 5.41) is 13.6. The molecule has 1 atom stereocenters. The first-order valence-corrected chi connectivity index (χ1v) is 7.73. The number of nitrogens with one attached hydrogen (secondary N) is 1. The summed E-state index contributed by atoms with van der Waals surface area (Å²) in [6.07, 6.45) is 5.75. The van der Waals surface area contributed by atoms with Crippen LogP contribution in [-0.4, -0.2) is 40.2 Å². The van der Waals surface area contributed by atoms with E-state index in [0.29, 0.717) is 0 Å². The van der Waals surface area contributed by atoms with Gasteiger partial charge in [0.1, 0.15) is 5.82 Å². The van der Waals surface area contributed by atoms with Gasteiger partial charge in [-0.15, -0.1) is 0 Å². The average molecular weight is 277 g/mol. The third kappa shape index (κ3) is 4.46. The average Bonchev–Trinajstić information content (AvgIpc) is 2.59. The van der Waals surface area contributed by atoms with Gasteiger partial charge in [0.25, 0.3) is 0 Å². The molecule has 0 aliphatic carbocycles. The van der Waals surface area contributed by atoms with Crippen LogP contribution in [0.25, 0.3) is 0 Å². The fourth-order valence-corrected chi connectivity index (χ4v) is 2.69. The third-order valence-corrected chi connectivity index (χ3v) is 3.98. The number of nitrogens with zero attached hydrogens (tertiary/aromatic N) is 2. The van der Waals surface area contributed by atoms with Crippen LogP contribution in [0, 0.1) is 0 Å². The van der Waals surface area contributed by atoms with E-state index in [1.54, 1.807) is 0 Å². The quantitative estimate of drug-likeness (QED) is 0.868. The molecule has 1 aliphatic rings. The van der Waals surface area contributed by atoms with Crippen LogP contribution in [-0.2, 0) is 6.54 Å². The Bertz CT molecular complexity index is 420. The van der Waals surface area contributed by atoms with E-state index >= 15 is 0 Å². The number of likely N-dealkylation sites (tertiary alicyclic amines) is 1. The topological polar surface area (TPSA) is 48.4 Å². The van der Waals surface area contributed by atoms with Crippen LogP contribution in [0.1, 0.15) is 45.1 Å². The number of aromatic nitrogens is 1. The maximum absolute atomic E-state index is 10.2. The lowest BCUT2D eigenvalue weighted by Crippen LogP contribution is -2.28. The van der Waals surface area contributed by atoms with E-state index < -0.39 is 5.60 Å². The van der Waals surface area contributed by atoms with Gasteiger partial charge in [-0.3, -0.25) is 4.90 Å². The highest BCUT2D eigenvalue weighted by molar-refractivity contribution is 5.43. The Balaban J connectivity index is 1.98. The van der Waals surface area contributed by atoms with Crippen molar-refractivity contribution in [3.8, 4) is 0 Å². The van der Waals surface area contributed by atoms with Crippen molar-refractivity contribution in [3.63, 3.8) is 0 Å². The van der Waals surface area contributed by atoms with Crippen molar-refractivity contribution >= 4 is 5.82 Å². The summed E-state index contributed by atoms with van der Waals surface area (Å²) < 4.78 is 0. The molecule has 1 fully saturated rings. The first-order valence-electron chi connectivity index (χ1n) is 7.73. The first kappa shape index (κ1) is 15.3. The maximum Gasteiger partial charge on any atom is 0.130 e. The summed E-state index contributed by atoms with van der Waals surface area (Å²) in [5.74, 6) is 1.00. The van der Waals surface area contributed by atoms with Crippen LogP contribution in [0.5, 0.6) is 0 Å². The Labute approximate surface area is 122 Å². The van der Waals surface area contributed by atoms with Gasteiger partial charge in [0.2, 0.25) is 0 Å². The molecule has 1 aromatic rings. The second-order valence-corrected chi connectivity index (χ2v) is 6.06. The van der Waals surface area contributed by atoms with Gasteiger partial charge < -0.3 is 10.4 Å². The fourth-order valence-electron chi connectivity index (χ4n) is 2.69. The van der Waals surface area contributed by atoms with Gasteiger partial charge in [-0.2, -0.15) is 0 Å². The van der Waals surface area contributed by atoms with Gasteiger partial charge in [-0.25, -0.2) is 4.98 Å². The highest BCUT2D eigenvalue weighted by atomic mass is 16.3. The fraction of sp³-hybridized carbons (Fsp3) is 0.688. The molecule has 0 aromatic carbocycles. The van der Waals surface area contributed by atoms with Gasteiger partial charge in [0.15, 0.2) is 0 Å². The normalized spacial score (nSPS) is 24.4. The molecule has 1 aromatic heterocycles. The zero-order valence-electron chi connectivity index (χ0n) is 12.7. The minimum atomic E-state index is -0.493. The molecule has 1 saturated heterocycles. The monoisotopic (exact) mass is 277 g/mol. The van der Waals surface area contributed by atoms with Crippen LogP contribution in [0.3, 0.4) is 0 Å². The molecule has 112 valence electrons. The van der Waals surface area contributed by atoms with Crippen LogP contribution < -0.4 is 5.32 Å². The Morgan fingerprint density at radius 2 is 2.25 bits per heavy atom. The number of aliphatic hydroxyl groups is 1. The SMILES string of the molecule is CCCNc1ncccc1CN1CCCC(C)(O)CC1. The van der Waals surface area contributed by atoms with Gasteiger partial charge in [0, 0.05) is 31.4 Å². The molecule has 0 amide bonds. The van der Waals surface area contributed by atoms with Gasteiger partial charge in [-0.1, -0.05) is 13.0 Å². The van der Waals surface area contributed by atoms with Gasteiger partial charge in [0.05, 0.1) is 5.60 Å². The standard InChI is InChI=1S/C16H27N3O/c1-3-9-17-15-14(6-4-10-18-15)13-19-11-5-7-16(2,20)8-12-19/h4,6,10,20H,3,5,7-9,11-13H2,1-2H3,(H,17,18). The van der Waals surface area contributed by atoms with E-state index in [2.05, 4.69) is 28.2 Å². The van der Waals surface area contributed by atoms with Crippen molar-refractivity contribution in [2.45, 2.75) is 51.7 Å². The first-order chi connectivity index (χ1) is 9.61. The highest BCUT2D eigenvalue weighted by Gasteiger charge is 2.25. The Hall–Kier alpha value is -1.13. The summed E-state index contributed by atoms with van der Waals surface area (Å²) in [4.78, 5) is 6.87. The van der Waals surface area contributed by atoms with Crippen molar-refractivity contribution in [3.05, 3.63) is 23.9 Å². The Morgan fingerprint density at radius 3 is 3.05 bits per heavy atom. The molecule has 2 rings (SSSR count). The van der Waals surface area contributed by atoms with E-state index in [-0.39, 0.29) is 0 Å². The second kappa shape index (κ2) is 7.04. The number of hydrogen-bond donors (Lipinski definition) is 2. The molecule has 0 saturated carbocycles. The van der Waals surface area contributed by atoms with Crippen molar-refractivity contribution in [1.82, 2.24) is 9.88 Å². The minimum Gasteiger partial charge on any atom is -0.390 e. The summed E-state index contributed by atoms with van der Waals surface area (Å²) in [6.45, 7) is 7.99. The van der Waals surface area contributed by atoms with Gasteiger partial charge in [-0.05, 0) is 45.2 Å². The van der Waals surface area contributed by atoms with Crippen LogP contribution in [0.15, 0.2) is 18.3 Å². The zero-order chi connectivity index (χ0) is 14.4. The maximum atomic E-state index is 10.2. The van der Waals surface area contributed by atoms with Gasteiger partial charge >= 0.3 is 0 Å². The summed E-state index contributed by atoms with van der Waals surface area (Å²) in [6, 6.07) is 4.15. The van der Waals surface area contributed by atoms with Crippen LogP contribution in [0.2, 0.25) is 0 Å². The summed E-state index contributed by atoms with van der Waals surface area (Å²) in [7, 11) is 0. The number of pyridine rings is 1. The molecule has 0 bridgehead atoms. The van der Waals surface area contributed by atoms with Crippen molar-refractivity contribution in [2.24, 2.45) is 0 Å². The molecule has 4 nitrogen and oxygen atoms in total. The van der Waals surface area contributed by atoms with Crippen molar-refractivity contribution in [1.29, 1.82) is 0 Å². The number of anilines is 1. The molecule has 2 heterocycles. The van der Waals surface area contributed by atoms with E-state index in [1.165, 1.54) is 5.56 Å². The zero-order valence-corrected chi connectivity index (χ0v) is 12.7. The number of rotatable bonds is 5. The van der Waals surface area contributed by atoms with Crippen molar-refractivity contribution < 1.29 is 5.11 Å². The second-order valence-electron chi connectivity index (χ2n) is 6.06. The minimum absolute atomic E-state index is 0.493. The third-order valence-electron chi connectivity index (χ3n) is 3.98. The predicted molar refractivity (Wildman–Crippen MR) is 82.8 cm³/mol. The summed E-state index contributed by atoms with van der Waals surface area (Å²) >= 11 is 0. The molecule has 2 N–H and O–H groups in total. The van der Waals surface area contributed by atoms with E-state index in [9.17, 15) is 5.11 Å². The highest BCUT2D eigenvalue weighted by Crippen LogP contribution is 2.23. The molecule has 0 spiro atoms. The predicted octanol–water partition coefficient (Wildman–Crippen LogP) is 2.64. The van der Waals surface area contributed by atoms with Crippen LogP contribution in [0.4, 0.5) is 5.82 Å². The molecule has 1 aliphatic heterocycles. The van der Waals surface area contributed by atoms with E-state index in [1.807, 2.05) is 19.2 Å². The van der Waals surface area contributed by atoms with Crippen LogP contribution >= 0.6 is 0 Å². The lowest BCUT2D eigenvalue weighted by Gasteiger charge is -2.23. The van der Waals surface area contributed by atoms with E-state index in [0.717, 1.165) is 57.7 Å². The number of hydrogen-bond acceptors (Lipinski definition) is 4. The summed E-state index contributed by atoms with van der Waals surface area (Å²) in [5.41, 5.74) is 0.759. The molecular weight excluding hydrogens is 250 g/mol. The Kier molecular flexibility index (Phi) is 5.38. The Morgan fingerprint density at radius 1 is 1.40 bits per heavy atom. The molecule has 20 heavy (non-hydrogen) atoms. The molecule has 0 radical (unpaired) electrons. The molecule has 4 heteroatoms. The lowest BCUT2D eigenvalue weighted by molar-refractivity contribution is 0.0444. The molecular formula is C16H27N3O. The van der Waals surface area contributed by atoms with Crippen molar-refractivity contribution in [2.75, 3.05) is 25.0 Å². The molecule has 1 unspecified atom stereocenters. The smallest absolute Gasteiger partial charge is 0.130 e. The van der Waals surface area contributed by atoms with E-state index in [4.69, 9.17) is 0 Å².